The van der Waals surface area contributed by atoms with E-state index in [0.717, 1.165) is 0 Å². The van der Waals surface area contributed by atoms with Crippen molar-refractivity contribution in [2.75, 3.05) is 18.6 Å². The van der Waals surface area contributed by atoms with Gasteiger partial charge in [-0.05, 0) is 6.26 Å². The topological polar surface area (TPSA) is 189 Å². The maximum absolute atomic E-state index is 10.9. The Labute approximate surface area is 152 Å². The average Bonchev–Trinajstić information content (AvgIpc) is 3.06. The number of fused-ring (bicyclic) bond motifs is 1. The van der Waals surface area contributed by atoms with Crippen LogP contribution in [0.4, 0.5) is 5.82 Å². The first kappa shape index (κ1) is 19.2. The molecule has 2 aromatic heterocycles. The van der Waals surface area contributed by atoms with E-state index < -0.39 is 41.5 Å². The molecule has 1 aliphatic heterocycles. The van der Waals surface area contributed by atoms with Gasteiger partial charge in [0.25, 0.3) is 0 Å². The molecule has 1 fully saturated rings. The monoisotopic (exact) mass is 406 g/mol. The highest BCUT2D eigenvalue weighted by molar-refractivity contribution is 7.97. The number of aliphatic hydroxyl groups is 2. The smallest absolute Gasteiger partial charge is 0.333 e. The molecule has 0 radical (unpaired) electrons. The number of nitrogens with zero attached hydrogens (tertiary/aromatic N) is 4. The molecule has 0 aromatic carbocycles. The van der Waals surface area contributed by atoms with E-state index >= 15 is 0 Å². The molecule has 0 aliphatic carbocycles. The summed E-state index contributed by atoms with van der Waals surface area (Å²) in [5.74, 6) is 0.747. The second kappa shape index (κ2) is 7.22. The molecule has 3 heterocycles. The fourth-order valence-electron chi connectivity index (χ4n) is 2.71. The quantitative estimate of drug-likeness (QED) is 0.420. The molecule has 12 nitrogen and oxygen atoms in total. The fraction of sp³-hybridized carbons (Fsp3) is 0.583. The lowest BCUT2D eigenvalue weighted by molar-refractivity contribution is -0.0528. The summed E-state index contributed by atoms with van der Waals surface area (Å²) >= 11 is 1.51. The Morgan fingerprint density at radius 2 is 2.12 bits per heavy atom. The molecule has 0 spiro atoms. The summed E-state index contributed by atoms with van der Waals surface area (Å²) in [6, 6.07) is 0. The minimum absolute atomic E-state index is 0.229. The van der Waals surface area contributed by atoms with Gasteiger partial charge in [-0.3, -0.25) is 4.18 Å². The van der Waals surface area contributed by atoms with Crippen LogP contribution in [0.2, 0.25) is 0 Å². The van der Waals surface area contributed by atoms with Gasteiger partial charge in [-0.15, -0.1) is 0 Å². The summed E-state index contributed by atoms with van der Waals surface area (Å²) in [7, 11) is -4.21. The molecular weight excluding hydrogens is 388 g/mol. The average molecular weight is 406 g/mol. The van der Waals surface area contributed by atoms with Crippen LogP contribution in [0.1, 0.15) is 11.9 Å². The van der Waals surface area contributed by atoms with Gasteiger partial charge in [0.2, 0.25) is 0 Å². The molecule has 0 unspecified atom stereocenters. The lowest BCUT2D eigenvalue weighted by atomic mass is 10.1. The third-order valence-electron chi connectivity index (χ3n) is 3.85. The van der Waals surface area contributed by atoms with Crippen molar-refractivity contribution < 1.29 is 27.6 Å². The van der Waals surface area contributed by atoms with E-state index in [-0.39, 0.29) is 5.82 Å². The summed E-state index contributed by atoms with van der Waals surface area (Å²) in [5.41, 5.74) is 6.84. The number of anilines is 1. The highest BCUT2D eigenvalue weighted by Gasteiger charge is 2.45. The van der Waals surface area contributed by atoms with Crippen molar-refractivity contribution >= 4 is 38.9 Å². The number of nitrogen functional groups attached to an aromatic ring is 1. The van der Waals surface area contributed by atoms with Gasteiger partial charge in [-0.1, -0.05) is 0 Å². The first-order valence-electron chi connectivity index (χ1n) is 7.38. The van der Waals surface area contributed by atoms with Crippen LogP contribution in [0.15, 0.2) is 6.33 Å². The Morgan fingerprint density at radius 1 is 1.38 bits per heavy atom. The SMILES string of the molecule is CSCc1nn([C@@H]2O[C@H](COS(N)(=O)=O)[C@@H](O)[C@H]2O)c2ncnc(N)c12. The number of ether oxygens (including phenoxy) is 1. The van der Waals surface area contributed by atoms with Crippen molar-refractivity contribution in [3.05, 3.63) is 12.0 Å². The van der Waals surface area contributed by atoms with Gasteiger partial charge in [-0.25, -0.2) is 19.8 Å². The first-order chi connectivity index (χ1) is 12.2. The van der Waals surface area contributed by atoms with Gasteiger partial charge >= 0.3 is 10.3 Å². The van der Waals surface area contributed by atoms with Crippen LogP contribution >= 0.6 is 11.8 Å². The lowest BCUT2D eigenvalue weighted by Crippen LogP contribution is -2.35. The highest BCUT2D eigenvalue weighted by atomic mass is 32.2. The van der Waals surface area contributed by atoms with Crippen LogP contribution in [-0.4, -0.2) is 69.6 Å². The van der Waals surface area contributed by atoms with E-state index in [2.05, 4.69) is 19.2 Å². The molecule has 2 aromatic rings. The minimum Gasteiger partial charge on any atom is -0.387 e. The third-order valence-corrected chi connectivity index (χ3v) is 4.87. The zero-order valence-electron chi connectivity index (χ0n) is 13.6. The number of aliphatic hydroxyl groups excluding tert-OH is 2. The zero-order valence-corrected chi connectivity index (χ0v) is 15.2. The third kappa shape index (κ3) is 3.62. The van der Waals surface area contributed by atoms with Crippen LogP contribution in [0.3, 0.4) is 0 Å². The van der Waals surface area contributed by atoms with E-state index in [1.54, 1.807) is 0 Å². The molecule has 14 heteroatoms. The summed E-state index contributed by atoms with van der Waals surface area (Å²) in [5, 5.41) is 30.1. The molecule has 0 saturated carbocycles. The van der Waals surface area contributed by atoms with Gasteiger partial charge in [0, 0.05) is 5.75 Å². The second-order valence-electron chi connectivity index (χ2n) is 5.61. The molecule has 6 N–H and O–H groups in total. The predicted octanol–water partition coefficient (Wildman–Crippen LogP) is -1.89. The van der Waals surface area contributed by atoms with Crippen molar-refractivity contribution in [2.24, 2.45) is 5.14 Å². The Balaban J connectivity index is 1.95. The number of nitrogens with two attached hydrogens (primary N) is 2. The second-order valence-corrected chi connectivity index (χ2v) is 7.69. The maximum Gasteiger partial charge on any atom is 0.333 e. The molecule has 3 rings (SSSR count). The fourth-order valence-corrected chi connectivity index (χ4v) is 3.51. The van der Waals surface area contributed by atoms with Crippen LogP contribution in [-0.2, 0) is 25.0 Å². The molecule has 26 heavy (non-hydrogen) atoms. The van der Waals surface area contributed by atoms with Crippen molar-refractivity contribution in [3.8, 4) is 0 Å². The Bertz CT molecular complexity index is 905. The number of thioether (sulfide) groups is 1. The van der Waals surface area contributed by atoms with Gasteiger partial charge in [0.1, 0.15) is 30.5 Å². The zero-order chi connectivity index (χ0) is 19.1. The van der Waals surface area contributed by atoms with Crippen molar-refractivity contribution in [2.45, 2.75) is 30.3 Å². The van der Waals surface area contributed by atoms with Crippen LogP contribution in [0.25, 0.3) is 11.0 Å². The van der Waals surface area contributed by atoms with E-state index in [4.69, 9.17) is 15.6 Å². The Morgan fingerprint density at radius 3 is 2.77 bits per heavy atom. The number of rotatable bonds is 6. The summed E-state index contributed by atoms with van der Waals surface area (Å²) < 4.78 is 33.1. The van der Waals surface area contributed by atoms with Crippen LogP contribution in [0, 0.1) is 0 Å². The number of hydrogen-bond acceptors (Lipinski definition) is 11. The van der Waals surface area contributed by atoms with E-state index in [1.807, 2.05) is 6.26 Å². The molecule has 1 saturated heterocycles. The van der Waals surface area contributed by atoms with Crippen molar-refractivity contribution in [3.63, 3.8) is 0 Å². The molecule has 0 bridgehead atoms. The minimum atomic E-state index is -4.21. The number of hydrogen-bond donors (Lipinski definition) is 4. The van der Waals surface area contributed by atoms with E-state index in [0.29, 0.717) is 22.5 Å². The maximum atomic E-state index is 10.9. The summed E-state index contributed by atoms with van der Waals surface area (Å²) in [6.07, 6.45) is -1.93. The molecular formula is C12H18N6O6S2. The van der Waals surface area contributed by atoms with Crippen LogP contribution in [0.5, 0.6) is 0 Å². The standard InChI is InChI=1S/C12H18N6O6S2/c1-25-3-5-7-10(13)15-4-16-11(7)18(17-5)12-9(20)8(19)6(24-12)2-23-26(14,21)22/h4,6,8-9,12,19-20H,2-3H2,1H3,(H2,13,15,16)(H2,14,21,22)/t6-,8-,9-,12-/m1/s1. The van der Waals surface area contributed by atoms with Gasteiger partial charge in [0.05, 0.1) is 17.7 Å². The lowest BCUT2D eigenvalue weighted by Gasteiger charge is -2.15. The van der Waals surface area contributed by atoms with Crippen LogP contribution < -0.4 is 10.9 Å². The largest absolute Gasteiger partial charge is 0.387 e. The predicted molar refractivity (Wildman–Crippen MR) is 91.9 cm³/mol. The molecule has 144 valence electrons. The summed E-state index contributed by atoms with van der Waals surface area (Å²) in [6.45, 7) is -0.554. The first-order valence-corrected chi connectivity index (χ1v) is 10.2. The molecule has 1 aliphatic rings. The van der Waals surface area contributed by atoms with Crippen molar-refractivity contribution in [1.82, 2.24) is 19.7 Å². The summed E-state index contributed by atoms with van der Waals surface area (Å²) in [4.78, 5) is 8.09. The highest BCUT2D eigenvalue weighted by Crippen LogP contribution is 2.33. The van der Waals surface area contributed by atoms with E-state index in [1.165, 1.54) is 22.8 Å². The van der Waals surface area contributed by atoms with Gasteiger partial charge in [-0.2, -0.15) is 25.3 Å². The van der Waals surface area contributed by atoms with Crippen molar-refractivity contribution in [1.29, 1.82) is 0 Å². The van der Waals surface area contributed by atoms with Gasteiger partial charge < -0.3 is 20.7 Å². The Kier molecular flexibility index (Phi) is 5.34. The normalized spacial score (nSPS) is 26.6. The molecule has 0 amide bonds. The molecule has 4 atom stereocenters. The van der Waals surface area contributed by atoms with E-state index in [9.17, 15) is 18.6 Å². The van der Waals surface area contributed by atoms with Gasteiger partial charge in [0.15, 0.2) is 11.9 Å². The number of aromatic nitrogens is 4. The Hall–Kier alpha value is -1.55.